The predicted molar refractivity (Wildman–Crippen MR) is 76.2 cm³/mol. The van der Waals surface area contributed by atoms with Crippen LogP contribution in [-0.2, 0) is 15.5 Å². The SMILES string of the molecule is CC(C)(C)S(=O)C1CCCC1CCCOCCO. The average molecular weight is 276 g/mol. The van der Waals surface area contributed by atoms with E-state index in [2.05, 4.69) is 20.8 Å². The van der Waals surface area contributed by atoms with Gasteiger partial charge in [-0.05, 0) is 52.4 Å². The van der Waals surface area contributed by atoms with Crippen molar-refractivity contribution in [2.75, 3.05) is 19.8 Å². The van der Waals surface area contributed by atoms with E-state index in [-0.39, 0.29) is 11.4 Å². The van der Waals surface area contributed by atoms with Crippen LogP contribution in [-0.4, -0.2) is 39.1 Å². The largest absolute Gasteiger partial charge is 0.394 e. The van der Waals surface area contributed by atoms with Gasteiger partial charge in [0.05, 0.1) is 13.2 Å². The van der Waals surface area contributed by atoms with Crippen molar-refractivity contribution in [3.63, 3.8) is 0 Å². The van der Waals surface area contributed by atoms with Crippen LogP contribution in [0.25, 0.3) is 0 Å². The third kappa shape index (κ3) is 4.98. The van der Waals surface area contributed by atoms with Gasteiger partial charge in [-0.1, -0.05) is 6.42 Å². The lowest BCUT2D eigenvalue weighted by Crippen LogP contribution is -2.33. The monoisotopic (exact) mass is 276 g/mol. The molecule has 0 bridgehead atoms. The van der Waals surface area contributed by atoms with Crippen molar-refractivity contribution in [3.05, 3.63) is 0 Å². The first-order valence-electron chi connectivity index (χ1n) is 7.06. The molecule has 1 fully saturated rings. The average Bonchev–Trinajstić information content (AvgIpc) is 2.74. The Balaban J connectivity index is 2.34. The molecule has 108 valence electrons. The molecule has 0 saturated heterocycles. The van der Waals surface area contributed by atoms with Crippen LogP contribution in [0.5, 0.6) is 0 Å². The van der Waals surface area contributed by atoms with Gasteiger partial charge < -0.3 is 9.84 Å². The Morgan fingerprint density at radius 2 is 2.00 bits per heavy atom. The molecule has 3 nitrogen and oxygen atoms in total. The van der Waals surface area contributed by atoms with Crippen molar-refractivity contribution in [2.45, 2.75) is 62.9 Å². The minimum atomic E-state index is -0.732. The molecule has 3 unspecified atom stereocenters. The topological polar surface area (TPSA) is 46.5 Å². The van der Waals surface area contributed by atoms with E-state index >= 15 is 0 Å². The van der Waals surface area contributed by atoms with Crippen LogP contribution in [0.1, 0.15) is 52.9 Å². The summed E-state index contributed by atoms with van der Waals surface area (Å²) in [5.74, 6) is 0.600. The Morgan fingerprint density at radius 3 is 2.61 bits per heavy atom. The van der Waals surface area contributed by atoms with E-state index in [4.69, 9.17) is 9.84 Å². The highest BCUT2D eigenvalue weighted by Gasteiger charge is 2.36. The molecule has 1 N–H and O–H groups in total. The van der Waals surface area contributed by atoms with Crippen LogP contribution >= 0.6 is 0 Å². The zero-order valence-electron chi connectivity index (χ0n) is 12.0. The zero-order chi connectivity index (χ0) is 13.6. The van der Waals surface area contributed by atoms with E-state index in [1.165, 1.54) is 12.8 Å². The van der Waals surface area contributed by atoms with E-state index in [1.807, 2.05) is 0 Å². The molecule has 1 aliphatic carbocycles. The molecule has 0 spiro atoms. The highest BCUT2D eigenvalue weighted by molar-refractivity contribution is 7.87. The van der Waals surface area contributed by atoms with Crippen LogP contribution in [0.3, 0.4) is 0 Å². The first-order chi connectivity index (χ1) is 8.46. The van der Waals surface area contributed by atoms with Gasteiger partial charge in [-0.3, -0.25) is 4.21 Å². The molecular weight excluding hydrogens is 248 g/mol. The van der Waals surface area contributed by atoms with E-state index in [0.717, 1.165) is 19.3 Å². The van der Waals surface area contributed by atoms with Gasteiger partial charge in [0.25, 0.3) is 0 Å². The van der Waals surface area contributed by atoms with Crippen molar-refractivity contribution in [2.24, 2.45) is 5.92 Å². The molecule has 0 aliphatic heterocycles. The minimum Gasteiger partial charge on any atom is -0.394 e. The molecule has 18 heavy (non-hydrogen) atoms. The maximum absolute atomic E-state index is 12.5. The molecule has 1 aliphatic rings. The number of hydrogen-bond donors (Lipinski definition) is 1. The number of hydrogen-bond acceptors (Lipinski definition) is 3. The molecule has 0 aromatic rings. The van der Waals surface area contributed by atoms with Crippen molar-refractivity contribution >= 4 is 10.8 Å². The zero-order valence-corrected chi connectivity index (χ0v) is 12.8. The van der Waals surface area contributed by atoms with Crippen LogP contribution in [0, 0.1) is 5.92 Å². The fourth-order valence-electron chi connectivity index (χ4n) is 2.68. The molecule has 3 atom stereocenters. The molecule has 1 rings (SSSR count). The second kappa shape index (κ2) is 7.61. The van der Waals surface area contributed by atoms with Gasteiger partial charge in [0.15, 0.2) is 0 Å². The molecule has 1 saturated carbocycles. The lowest BCUT2D eigenvalue weighted by molar-refractivity contribution is 0.0878. The standard InChI is InChI=1S/C14H28O3S/c1-14(2,3)18(16)13-8-4-6-12(13)7-5-10-17-11-9-15/h12-13,15H,4-11H2,1-3H3. The minimum absolute atomic E-state index is 0.0966. The quantitative estimate of drug-likeness (QED) is 0.727. The number of aliphatic hydroxyl groups excluding tert-OH is 1. The number of ether oxygens (including phenoxy) is 1. The Kier molecular flexibility index (Phi) is 6.82. The molecule has 0 amide bonds. The first-order valence-corrected chi connectivity index (χ1v) is 8.27. The predicted octanol–water partition coefficient (Wildman–Crippen LogP) is 2.49. The summed E-state index contributed by atoms with van der Waals surface area (Å²) in [7, 11) is -0.732. The van der Waals surface area contributed by atoms with E-state index in [1.54, 1.807) is 0 Å². The second-order valence-electron chi connectivity index (χ2n) is 6.12. The van der Waals surface area contributed by atoms with Gasteiger partial charge >= 0.3 is 0 Å². The summed E-state index contributed by atoms with van der Waals surface area (Å²) in [5.41, 5.74) is 0. The van der Waals surface area contributed by atoms with Gasteiger partial charge in [0.1, 0.15) is 0 Å². The second-order valence-corrected chi connectivity index (χ2v) is 8.54. The lowest BCUT2D eigenvalue weighted by Gasteiger charge is -2.27. The third-order valence-corrected chi connectivity index (χ3v) is 5.94. The van der Waals surface area contributed by atoms with Gasteiger partial charge in [-0.15, -0.1) is 0 Å². The fraction of sp³-hybridized carbons (Fsp3) is 1.00. The Morgan fingerprint density at radius 1 is 1.28 bits per heavy atom. The third-order valence-electron chi connectivity index (χ3n) is 3.57. The summed E-state index contributed by atoms with van der Waals surface area (Å²) in [6.07, 6.45) is 5.67. The lowest BCUT2D eigenvalue weighted by atomic mass is 10.0. The van der Waals surface area contributed by atoms with Crippen molar-refractivity contribution in [1.29, 1.82) is 0 Å². The molecule has 0 radical (unpaired) electrons. The van der Waals surface area contributed by atoms with Crippen molar-refractivity contribution in [1.82, 2.24) is 0 Å². The molecule has 4 heteroatoms. The highest BCUT2D eigenvalue weighted by Crippen LogP contribution is 2.36. The smallest absolute Gasteiger partial charge is 0.0697 e. The summed E-state index contributed by atoms with van der Waals surface area (Å²) in [6.45, 7) is 7.46. The van der Waals surface area contributed by atoms with Gasteiger partial charge in [-0.2, -0.15) is 0 Å². The Hall–Kier alpha value is 0.0700. The van der Waals surface area contributed by atoms with E-state index < -0.39 is 10.8 Å². The summed E-state index contributed by atoms with van der Waals surface area (Å²) in [4.78, 5) is 0. The maximum Gasteiger partial charge on any atom is 0.0697 e. The summed E-state index contributed by atoms with van der Waals surface area (Å²) in [5, 5.41) is 8.99. The van der Waals surface area contributed by atoms with Crippen LogP contribution in [0.2, 0.25) is 0 Å². The van der Waals surface area contributed by atoms with Crippen molar-refractivity contribution < 1.29 is 14.1 Å². The highest BCUT2D eigenvalue weighted by atomic mass is 32.2. The maximum atomic E-state index is 12.5. The van der Waals surface area contributed by atoms with Crippen molar-refractivity contribution in [3.8, 4) is 0 Å². The molecule has 0 aromatic carbocycles. The van der Waals surface area contributed by atoms with Gasteiger partial charge in [0, 0.05) is 27.4 Å². The molecular formula is C14H28O3S. The van der Waals surface area contributed by atoms with Gasteiger partial charge in [-0.25, -0.2) is 0 Å². The molecule has 0 aromatic heterocycles. The summed E-state index contributed by atoms with van der Waals surface area (Å²) < 4.78 is 17.6. The first kappa shape index (κ1) is 16.1. The van der Waals surface area contributed by atoms with Crippen LogP contribution in [0.15, 0.2) is 0 Å². The Bertz CT molecular complexity index is 260. The summed E-state index contributed by atoms with van der Waals surface area (Å²) in [6, 6.07) is 0. The van der Waals surface area contributed by atoms with E-state index in [9.17, 15) is 4.21 Å². The summed E-state index contributed by atoms with van der Waals surface area (Å²) >= 11 is 0. The van der Waals surface area contributed by atoms with Crippen LogP contribution < -0.4 is 0 Å². The normalized spacial score (nSPS) is 26.4. The Labute approximate surface area is 114 Å². The number of aliphatic hydroxyl groups is 1. The molecule has 0 heterocycles. The number of rotatable bonds is 7. The van der Waals surface area contributed by atoms with Gasteiger partial charge in [0.2, 0.25) is 0 Å². The van der Waals surface area contributed by atoms with Crippen LogP contribution in [0.4, 0.5) is 0 Å². The fourth-order valence-corrected chi connectivity index (χ4v) is 4.59. The van der Waals surface area contributed by atoms with E-state index in [0.29, 0.717) is 24.4 Å².